The molecule has 1 heterocycles. The van der Waals surface area contributed by atoms with E-state index >= 15 is 0 Å². The van der Waals surface area contributed by atoms with Crippen molar-refractivity contribution in [1.29, 1.82) is 0 Å². The predicted octanol–water partition coefficient (Wildman–Crippen LogP) is 5.16. The molecule has 2 aromatic carbocycles. The van der Waals surface area contributed by atoms with Crippen LogP contribution in [0.2, 0.25) is 5.02 Å². The van der Waals surface area contributed by atoms with Crippen molar-refractivity contribution in [3.8, 4) is 0 Å². The number of hydrogen-bond acceptors (Lipinski definition) is 2. The summed E-state index contributed by atoms with van der Waals surface area (Å²) in [6, 6.07) is 17.4. The van der Waals surface area contributed by atoms with Crippen LogP contribution in [0.1, 0.15) is 5.56 Å². The number of nitrogens with one attached hydrogen (secondary N) is 2. The summed E-state index contributed by atoms with van der Waals surface area (Å²) in [6.07, 6.45) is 1.90. The molecule has 0 aliphatic carbocycles. The predicted molar refractivity (Wildman–Crippen MR) is 107 cm³/mol. The number of aromatic nitrogens is 2. The van der Waals surface area contributed by atoms with Gasteiger partial charge in [-0.25, -0.2) is 0 Å². The van der Waals surface area contributed by atoms with Gasteiger partial charge in [-0.2, -0.15) is 5.10 Å². The summed E-state index contributed by atoms with van der Waals surface area (Å²) in [6.45, 7) is 0.672. The Hall–Kier alpha value is -1.89. The summed E-state index contributed by atoms with van der Waals surface area (Å²) >= 11 is 14.6. The van der Waals surface area contributed by atoms with Crippen LogP contribution in [-0.4, -0.2) is 14.9 Å². The third-order valence-electron chi connectivity index (χ3n) is 3.24. The Labute approximate surface area is 159 Å². The van der Waals surface area contributed by atoms with Crippen molar-refractivity contribution in [3.63, 3.8) is 0 Å². The molecular weight excluding hydrogens is 408 g/mol. The molecule has 0 unspecified atom stereocenters. The van der Waals surface area contributed by atoms with Crippen LogP contribution in [0.5, 0.6) is 0 Å². The molecular formula is C17H14BrClN4S. The Kier molecular flexibility index (Phi) is 5.50. The first-order chi connectivity index (χ1) is 11.6. The van der Waals surface area contributed by atoms with Crippen molar-refractivity contribution in [2.45, 2.75) is 6.54 Å². The van der Waals surface area contributed by atoms with Crippen LogP contribution in [-0.2, 0) is 6.54 Å². The molecule has 0 aliphatic rings. The van der Waals surface area contributed by atoms with Crippen molar-refractivity contribution in [2.75, 3.05) is 10.6 Å². The minimum Gasteiger partial charge on any atom is -0.332 e. The topological polar surface area (TPSA) is 41.9 Å². The highest BCUT2D eigenvalue weighted by Gasteiger charge is 2.03. The van der Waals surface area contributed by atoms with Gasteiger partial charge in [0, 0.05) is 27.4 Å². The SMILES string of the molecule is S=C(Nc1ccc(Br)cc1)Nc1ccn(Cc2ccc(Cl)cc2)n1. The van der Waals surface area contributed by atoms with Crippen molar-refractivity contribution in [1.82, 2.24) is 9.78 Å². The minimum absolute atomic E-state index is 0.495. The largest absolute Gasteiger partial charge is 0.332 e. The monoisotopic (exact) mass is 420 g/mol. The van der Waals surface area contributed by atoms with Crippen LogP contribution in [0.3, 0.4) is 0 Å². The van der Waals surface area contributed by atoms with Gasteiger partial charge in [-0.05, 0) is 54.2 Å². The summed E-state index contributed by atoms with van der Waals surface area (Å²) in [5.74, 6) is 0.693. The third kappa shape index (κ3) is 4.80. The molecule has 0 amide bonds. The molecule has 122 valence electrons. The molecule has 7 heteroatoms. The number of thiocarbonyl (C=S) groups is 1. The van der Waals surface area contributed by atoms with E-state index in [2.05, 4.69) is 31.7 Å². The number of hydrogen-bond donors (Lipinski definition) is 2. The van der Waals surface area contributed by atoms with E-state index in [1.165, 1.54) is 0 Å². The van der Waals surface area contributed by atoms with Crippen LogP contribution in [0, 0.1) is 0 Å². The second-order valence-corrected chi connectivity index (χ2v) is 6.87. The molecule has 4 nitrogen and oxygen atoms in total. The molecule has 3 aromatic rings. The van der Waals surface area contributed by atoms with Gasteiger partial charge in [0.1, 0.15) is 0 Å². The van der Waals surface area contributed by atoms with Crippen LogP contribution in [0.25, 0.3) is 0 Å². The molecule has 2 N–H and O–H groups in total. The van der Waals surface area contributed by atoms with Gasteiger partial charge in [0.15, 0.2) is 10.9 Å². The highest BCUT2D eigenvalue weighted by molar-refractivity contribution is 9.10. The number of nitrogens with zero attached hydrogens (tertiary/aromatic N) is 2. The van der Waals surface area contributed by atoms with Crippen molar-refractivity contribution in [3.05, 3.63) is 75.9 Å². The first-order valence-electron chi connectivity index (χ1n) is 7.20. The highest BCUT2D eigenvalue weighted by Crippen LogP contribution is 2.15. The van der Waals surface area contributed by atoms with Crippen LogP contribution >= 0.6 is 39.7 Å². The summed E-state index contributed by atoms with van der Waals surface area (Å²) < 4.78 is 2.86. The van der Waals surface area contributed by atoms with Gasteiger partial charge in [0.25, 0.3) is 0 Å². The van der Waals surface area contributed by atoms with Gasteiger partial charge >= 0.3 is 0 Å². The van der Waals surface area contributed by atoms with E-state index in [1.807, 2.05) is 65.5 Å². The van der Waals surface area contributed by atoms with E-state index in [-0.39, 0.29) is 0 Å². The fraction of sp³-hybridized carbons (Fsp3) is 0.0588. The van der Waals surface area contributed by atoms with E-state index in [9.17, 15) is 0 Å². The zero-order chi connectivity index (χ0) is 16.9. The quantitative estimate of drug-likeness (QED) is 0.571. The Bertz CT molecular complexity index is 831. The fourth-order valence-electron chi connectivity index (χ4n) is 2.11. The lowest BCUT2D eigenvalue weighted by atomic mass is 10.2. The average Bonchev–Trinajstić information content (AvgIpc) is 2.99. The molecule has 1 aromatic heterocycles. The van der Waals surface area contributed by atoms with Crippen molar-refractivity contribution >= 4 is 56.4 Å². The smallest absolute Gasteiger partial charge is 0.176 e. The standard InChI is InChI=1S/C17H14BrClN4S/c18-13-3-7-15(8-4-13)20-17(24)21-16-9-10-23(22-16)11-12-1-5-14(19)6-2-12/h1-10H,11H2,(H2,20,21,22,24). The molecule has 0 saturated carbocycles. The first-order valence-corrected chi connectivity index (χ1v) is 8.78. The van der Waals surface area contributed by atoms with E-state index in [0.717, 1.165) is 20.7 Å². The van der Waals surface area contributed by atoms with Crippen LogP contribution < -0.4 is 10.6 Å². The van der Waals surface area contributed by atoms with Crippen LogP contribution in [0.15, 0.2) is 65.3 Å². The summed E-state index contributed by atoms with van der Waals surface area (Å²) in [5, 5.41) is 11.9. The van der Waals surface area contributed by atoms with Crippen molar-refractivity contribution < 1.29 is 0 Å². The number of rotatable bonds is 4. The van der Waals surface area contributed by atoms with E-state index in [4.69, 9.17) is 23.8 Å². The Balaban J connectivity index is 1.58. The van der Waals surface area contributed by atoms with Crippen molar-refractivity contribution in [2.24, 2.45) is 0 Å². The second kappa shape index (κ2) is 7.79. The Morgan fingerprint density at radius 3 is 2.46 bits per heavy atom. The Morgan fingerprint density at radius 2 is 1.75 bits per heavy atom. The van der Waals surface area contributed by atoms with Gasteiger partial charge in [-0.1, -0.05) is 39.7 Å². The average molecular weight is 422 g/mol. The summed E-state index contributed by atoms with van der Waals surface area (Å²) in [5.41, 5.74) is 2.04. The summed E-state index contributed by atoms with van der Waals surface area (Å²) in [4.78, 5) is 0. The normalized spacial score (nSPS) is 10.4. The third-order valence-corrected chi connectivity index (χ3v) is 4.23. The molecule has 0 fully saturated rings. The maximum Gasteiger partial charge on any atom is 0.176 e. The lowest BCUT2D eigenvalue weighted by molar-refractivity contribution is 0.690. The Morgan fingerprint density at radius 1 is 1.04 bits per heavy atom. The molecule has 24 heavy (non-hydrogen) atoms. The highest BCUT2D eigenvalue weighted by atomic mass is 79.9. The molecule has 0 bridgehead atoms. The van der Waals surface area contributed by atoms with Gasteiger partial charge in [-0.15, -0.1) is 0 Å². The fourth-order valence-corrected chi connectivity index (χ4v) is 2.72. The molecule has 0 spiro atoms. The zero-order valence-corrected chi connectivity index (χ0v) is 15.7. The minimum atomic E-state index is 0.495. The second-order valence-electron chi connectivity index (χ2n) is 5.11. The molecule has 0 radical (unpaired) electrons. The maximum absolute atomic E-state index is 5.89. The van der Waals surface area contributed by atoms with E-state index in [1.54, 1.807) is 0 Å². The lowest BCUT2D eigenvalue weighted by Crippen LogP contribution is -2.19. The van der Waals surface area contributed by atoms with E-state index < -0.39 is 0 Å². The maximum atomic E-state index is 5.89. The first kappa shape index (κ1) is 17.0. The van der Waals surface area contributed by atoms with Gasteiger partial charge in [0.2, 0.25) is 0 Å². The van der Waals surface area contributed by atoms with Gasteiger partial charge in [0.05, 0.1) is 6.54 Å². The summed E-state index contributed by atoms with van der Waals surface area (Å²) in [7, 11) is 0. The molecule has 0 atom stereocenters. The number of halogens is 2. The number of benzene rings is 2. The van der Waals surface area contributed by atoms with Gasteiger partial charge < -0.3 is 10.6 Å². The lowest BCUT2D eigenvalue weighted by Gasteiger charge is -2.08. The molecule has 0 aliphatic heterocycles. The van der Waals surface area contributed by atoms with Crippen LogP contribution in [0.4, 0.5) is 11.5 Å². The zero-order valence-electron chi connectivity index (χ0n) is 12.5. The van der Waals surface area contributed by atoms with E-state index in [0.29, 0.717) is 17.5 Å². The molecule has 3 rings (SSSR count). The number of anilines is 2. The molecule has 0 saturated heterocycles. The van der Waals surface area contributed by atoms with Gasteiger partial charge in [-0.3, -0.25) is 4.68 Å².